The molecule has 0 aromatic heterocycles. The standard InChI is InChI=1S/C18H25ClN2O2.ClH/c19-15-5-3-14(4-6-15)18(7-10-23-11-8-18)13-21-17(22)12-16-2-1-9-20-16;/h3-6,16,20H,1-2,7-13H2,(H,21,22);1H. The summed E-state index contributed by atoms with van der Waals surface area (Å²) in [6, 6.07) is 8.36. The van der Waals surface area contributed by atoms with Crippen LogP contribution in [0.25, 0.3) is 0 Å². The van der Waals surface area contributed by atoms with Crippen LogP contribution in [0.1, 0.15) is 37.7 Å². The molecule has 0 saturated carbocycles. The minimum absolute atomic E-state index is 0. The average Bonchev–Trinajstić information content (AvgIpc) is 3.07. The van der Waals surface area contributed by atoms with Crippen LogP contribution >= 0.6 is 24.0 Å². The van der Waals surface area contributed by atoms with Crippen LogP contribution in [0.15, 0.2) is 24.3 Å². The number of hydrogen-bond donors (Lipinski definition) is 2. The summed E-state index contributed by atoms with van der Waals surface area (Å²) in [7, 11) is 0. The molecule has 2 saturated heterocycles. The number of ether oxygens (including phenoxy) is 1. The van der Waals surface area contributed by atoms with Gasteiger partial charge in [0.1, 0.15) is 0 Å². The third-order valence-electron chi connectivity index (χ3n) is 5.12. The molecule has 0 radical (unpaired) electrons. The van der Waals surface area contributed by atoms with E-state index in [1.165, 1.54) is 12.0 Å². The maximum Gasteiger partial charge on any atom is 0.221 e. The summed E-state index contributed by atoms with van der Waals surface area (Å²) in [5, 5.41) is 7.29. The normalized spacial score (nSPS) is 22.6. The molecule has 0 bridgehead atoms. The van der Waals surface area contributed by atoms with Crippen LogP contribution in [0.5, 0.6) is 0 Å². The molecule has 1 atom stereocenters. The predicted octanol–water partition coefficient (Wildman–Crippen LogP) is 3.07. The van der Waals surface area contributed by atoms with Crippen molar-refractivity contribution in [3.8, 4) is 0 Å². The highest BCUT2D eigenvalue weighted by Gasteiger charge is 2.35. The van der Waals surface area contributed by atoms with Gasteiger partial charge in [-0.3, -0.25) is 4.79 Å². The summed E-state index contributed by atoms with van der Waals surface area (Å²) in [5.41, 5.74) is 1.20. The summed E-state index contributed by atoms with van der Waals surface area (Å²) in [6.07, 6.45) is 4.70. The third kappa shape index (κ3) is 4.85. The Labute approximate surface area is 155 Å². The Morgan fingerprint density at radius 3 is 2.62 bits per heavy atom. The van der Waals surface area contributed by atoms with Gasteiger partial charge in [0.2, 0.25) is 5.91 Å². The Hall–Kier alpha value is -0.810. The van der Waals surface area contributed by atoms with E-state index in [0.717, 1.165) is 44.0 Å². The van der Waals surface area contributed by atoms with Crippen molar-refractivity contribution in [2.45, 2.75) is 43.6 Å². The van der Waals surface area contributed by atoms with E-state index in [2.05, 4.69) is 22.8 Å². The zero-order valence-electron chi connectivity index (χ0n) is 13.9. The van der Waals surface area contributed by atoms with Gasteiger partial charge in [-0.05, 0) is 49.9 Å². The summed E-state index contributed by atoms with van der Waals surface area (Å²) >= 11 is 6.02. The van der Waals surface area contributed by atoms with Gasteiger partial charge in [0.15, 0.2) is 0 Å². The summed E-state index contributed by atoms with van der Waals surface area (Å²) in [5.74, 6) is 0.143. The smallest absolute Gasteiger partial charge is 0.221 e. The quantitative estimate of drug-likeness (QED) is 0.834. The molecule has 2 fully saturated rings. The molecule has 1 aromatic rings. The van der Waals surface area contributed by atoms with Gasteiger partial charge in [-0.2, -0.15) is 0 Å². The van der Waals surface area contributed by atoms with Crippen LogP contribution in [-0.2, 0) is 14.9 Å². The SMILES string of the molecule is Cl.O=C(CC1CCCN1)NCC1(c2ccc(Cl)cc2)CCOCC1. The molecule has 3 rings (SSSR count). The topological polar surface area (TPSA) is 50.4 Å². The van der Waals surface area contributed by atoms with Crippen molar-refractivity contribution in [3.63, 3.8) is 0 Å². The Morgan fingerprint density at radius 2 is 2.00 bits per heavy atom. The fourth-order valence-electron chi connectivity index (χ4n) is 3.63. The van der Waals surface area contributed by atoms with Crippen molar-refractivity contribution >= 4 is 29.9 Å². The van der Waals surface area contributed by atoms with Crippen LogP contribution in [-0.4, -0.2) is 38.3 Å². The van der Waals surface area contributed by atoms with Crippen molar-refractivity contribution in [1.82, 2.24) is 10.6 Å². The molecule has 6 heteroatoms. The zero-order valence-corrected chi connectivity index (χ0v) is 15.4. The Bertz CT molecular complexity index is 524. The molecule has 1 amide bonds. The zero-order chi connectivity index (χ0) is 16.1. The van der Waals surface area contributed by atoms with Crippen LogP contribution < -0.4 is 10.6 Å². The number of nitrogens with one attached hydrogen (secondary N) is 2. The fraction of sp³-hybridized carbons (Fsp3) is 0.611. The number of hydrogen-bond acceptors (Lipinski definition) is 3. The first-order valence-electron chi connectivity index (χ1n) is 8.52. The molecule has 2 N–H and O–H groups in total. The molecular formula is C18H26Cl2N2O2. The second kappa shape index (κ2) is 9.04. The first-order chi connectivity index (χ1) is 11.2. The molecular weight excluding hydrogens is 347 g/mol. The lowest BCUT2D eigenvalue weighted by molar-refractivity contribution is -0.122. The highest BCUT2D eigenvalue weighted by Crippen LogP contribution is 2.35. The molecule has 4 nitrogen and oxygen atoms in total. The number of benzene rings is 1. The van der Waals surface area contributed by atoms with Gasteiger partial charge < -0.3 is 15.4 Å². The van der Waals surface area contributed by atoms with E-state index in [-0.39, 0.29) is 23.7 Å². The molecule has 24 heavy (non-hydrogen) atoms. The lowest BCUT2D eigenvalue weighted by Crippen LogP contribution is -2.45. The number of halogens is 2. The van der Waals surface area contributed by atoms with Gasteiger partial charge in [0.05, 0.1) is 0 Å². The van der Waals surface area contributed by atoms with Gasteiger partial charge in [0.25, 0.3) is 0 Å². The molecule has 2 heterocycles. The van der Waals surface area contributed by atoms with E-state index in [1.807, 2.05) is 12.1 Å². The van der Waals surface area contributed by atoms with Gasteiger partial charge >= 0.3 is 0 Å². The summed E-state index contributed by atoms with van der Waals surface area (Å²) < 4.78 is 5.54. The second-order valence-corrected chi connectivity index (χ2v) is 7.11. The largest absolute Gasteiger partial charge is 0.381 e. The Morgan fingerprint density at radius 1 is 1.29 bits per heavy atom. The summed E-state index contributed by atoms with van der Waals surface area (Å²) in [4.78, 5) is 12.3. The van der Waals surface area contributed by atoms with Gasteiger partial charge in [0, 0.05) is 42.7 Å². The maximum atomic E-state index is 12.3. The van der Waals surface area contributed by atoms with Gasteiger partial charge in [-0.1, -0.05) is 23.7 Å². The number of carbonyl (C=O) groups excluding carboxylic acids is 1. The second-order valence-electron chi connectivity index (χ2n) is 6.67. The lowest BCUT2D eigenvalue weighted by Gasteiger charge is -2.38. The molecule has 1 aromatic carbocycles. The van der Waals surface area contributed by atoms with Gasteiger partial charge in [-0.25, -0.2) is 0 Å². The molecule has 2 aliphatic rings. The fourth-order valence-corrected chi connectivity index (χ4v) is 3.75. The predicted molar refractivity (Wildman–Crippen MR) is 99.1 cm³/mol. The van der Waals surface area contributed by atoms with Crippen LogP contribution in [0.2, 0.25) is 5.02 Å². The van der Waals surface area contributed by atoms with E-state index in [9.17, 15) is 4.79 Å². The highest BCUT2D eigenvalue weighted by atomic mass is 35.5. The monoisotopic (exact) mass is 372 g/mol. The number of rotatable bonds is 5. The van der Waals surface area contributed by atoms with Crippen LogP contribution in [0, 0.1) is 0 Å². The molecule has 0 spiro atoms. The summed E-state index contributed by atoms with van der Waals surface area (Å²) in [6.45, 7) is 3.18. The van der Waals surface area contributed by atoms with Crippen molar-refractivity contribution in [1.29, 1.82) is 0 Å². The first kappa shape index (κ1) is 19.5. The average molecular weight is 373 g/mol. The van der Waals surface area contributed by atoms with Crippen molar-refractivity contribution in [2.24, 2.45) is 0 Å². The number of carbonyl (C=O) groups is 1. The van der Waals surface area contributed by atoms with Gasteiger partial charge in [-0.15, -0.1) is 12.4 Å². The van der Waals surface area contributed by atoms with E-state index in [1.54, 1.807) is 0 Å². The van der Waals surface area contributed by atoms with E-state index < -0.39 is 0 Å². The van der Waals surface area contributed by atoms with E-state index in [0.29, 0.717) is 19.0 Å². The number of amides is 1. The first-order valence-corrected chi connectivity index (χ1v) is 8.90. The third-order valence-corrected chi connectivity index (χ3v) is 5.38. The van der Waals surface area contributed by atoms with Crippen molar-refractivity contribution < 1.29 is 9.53 Å². The van der Waals surface area contributed by atoms with E-state index in [4.69, 9.17) is 16.3 Å². The van der Waals surface area contributed by atoms with E-state index >= 15 is 0 Å². The lowest BCUT2D eigenvalue weighted by atomic mass is 9.74. The van der Waals surface area contributed by atoms with Crippen molar-refractivity contribution in [2.75, 3.05) is 26.3 Å². The maximum absolute atomic E-state index is 12.3. The van der Waals surface area contributed by atoms with Crippen LogP contribution in [0.3, 0.4) is 0 Å². The molecule has 2 aliphatic heterocycles. The minimum Gasteiger partial charge on any atom is -0.381 e. The van der Waals surface area contributed by atoms with Crippen LogP contribution in [0.4, 0.5) is 0 Å². The van der Waals surface area contributed by atoms with Crippen molar-refractivity contribution in [3.05, 3.63) is 34.9 Å². The Balaban J connectivity index is 0.00000208. The molecule has 1 unspecified atom stereocenters. The highest BCUT2D eigenvalue weighted by molar-refractivity contribution is 6.30. The minimum atomic E-state index is -0.0401. The molecule has 0 aliphatic carbocycles. The molecule has 134 valence electrons. The Kier molecular flexibility index (Phi) is 7.35.